The van der Waals surface area contributed by atoms with E-state index in [9.17, 15) is 0 Å². The van der Waals surface area contributed by atoms with Crippen molar-refractivity contribution in [3.8, 4) is 11.5 Å². The number of hydrogen-bond acceptors (Lipinski definition) is 3. The molecule has 0 aliphatic rings. The van der Waals surface area contributed by atoms with Crippen LogP contribution in [0.4, 0.5) is 0 Å². The molecule has 0 spiro atoms. The van der Waals surface area contributed by atoms with E-state index >= 15 is 0 Å². The van der Waals surface area contributed by atoms with Crippen molar-refractivity contribution < 1.29 is 14.6 Å². The minimum absolute atomic E-state index is 0.160. The summed E-state index contributed by atoms with van der Waals surface area (Å²) in [6.45, 7) is -0.160. The lowest BCUT2D eigenvalue weighted by Crippen LogP contribution is -1.97. The molecule has 0 radical (unpaired) electrons. The van der Waals surface area contributed by atoms with Gasteiger partial charge in [-0.05, 0) is 12.1 Å². The SMILES string of the molecule is COc1ccc(Cl)c(OC)c1CO. The molecule has 0 aromatic heterocycles. The summed E-state index contributed by atoms with van der Waals surface area (Å²) in [5, 5.41) is 9.53. The van der Waals surface area contributed by atoms with E-state index in [1.165, 1.54) is 14.2 Å². The van der Waals surface area contributed by atoms with Crippen molar-refractivity contribution >= 4 is 11.6 Å². The molecule has 1 rings (SSSR count). The Hall–Kier alpha value is -0.930. The Morgan fingerprint density at radius 3 is 2.46 bits per heavy atom. The van der Waals surface area contributed by atoms with Gasteiger partial charge in [0, 0.05) is 0 Å². The summed E-state index contributed by atoms with van der Waals surface area (Å²) in [6, 6.07) is 3.36. The number of rotatable bonds is 3. The fourth-order valence-corrected chi connectivity index (χ4v) is 1.40. The molecule has 0 saturated heterocycles. The first kappa shape index (κ1) is 10.2. The number of methoxy groups -OCH3 is 2. The van der Waals surface area contributed by atoms with Gasteiger partial charge in [-0.15, -0.1) is 0 Å². The molecule has 1 N–H and O–H groups in total. The Kier molecular flexibility index (Phi) is 3.39. The predicted octanol–water partition coefficient (Wildman–Crippen LogP) is 1.85. The molecule has 0 unspecified atom stereocenters. The van der Waals surface area contributed by atoms with Crippen LogP contribution in [0.15, 0.2) is 12.1 Å². The average Bonchev–Trinajstić information content (AvgIpc) is 2.17. The van der Waals surface area contributed by atoms with Gasteiger partial charge in [0.05, 0.1) is 31.4 Å². The second kappa shape index (κ2) is 4.35. The van der Waals surface area contributed by atoms with Gasteiger partial charge in [-0.25, -0.2) is 0 Å². The van der Waals surface area contributed by atoms with Gasteiger partial charge in [-0.1, -0.05) is 11.6 Å². The summed E-state index contributed by atoms with van der Waals surface area (Å²) in [4.78, 5) is 0. The second-order valence-electron chi connectivity index (χ2n) is 2.42. The first-order valence-corrected chi connectivity index (χ1v) is 4.12. The third kappa shape index (κ3) is 1.87. The Morgan fingerprint density at radius 1 is 1.31 bits per heavy atom. The zero-order valence-electron chi connectivity index (χ0n) is 7.50. The fourth-order valence-electron chi connectivity index (χ4n) is 1.14. The summed E-state index contributed by atoms with van der Waals surface area (Å²) in [6.07, 6.45) is 0. The Labute approximate surface area is 81.9 Å². The van der Waals surface area contributed by atoms with Crippen LogP contribution in [0.2, 0.25) is 5.02 Å². The van der Waals surface area contributed by atoms with Crippen LogP contribution in [-0.4, -0.2) is 19.3 Å². The molecular formula is C9H11ClO3. The highest BCUT2D eigenvalue weighted by Crippen LogP contribution is 2.34. The van der Waals surface area contributed by atoms with Gasteiger partial charge >= 0.3 is 0 Å². The topological polar surface area (TPSA) is 38.7 Å². The van der Waals surface area contributed by atoms with Gasteiger partial charge in [0.1, 0.15) is 11.5 Å². The van der Waals surface area contributed by atoms with Crippen LogP contribution in [0, 0.1) is 0 Å². The Bertz CT molecular complexity index is 299. The molecule has 0 bridgehead atoms. The highest BCUT2D eigenvalue weighted by atomic mass is 35.5. The summed E-state index contributed by atoms with van der Waals surface area (Å²) >= 11 is 5.85. The van der Waals surface area contributed by atoms with Crippen molar-refractivity contribution in [3.63, 3.8) is 0 Å². The molecule has 0 amide bonds. The van der Waals surface area contributed by atoms with Crippen LogP contribution in [0.1, 0.15) is 5.56 Å². The lowest BCUT2D eigenvalue weighted by atomic mass is 10.2. The van der Waals surface area contributed by atoms with E-state index in [4.69, 9.17) is 26.2 Å². The molecule has 72 valence electrons. The lowest BCUT2D eigenvalue weighted by Gasteiger charge is -2.11. The maximum Gasteiger partial charge on any atom is 0.146 e. The third-order valence-corrected chi connectivity index (χ3v) is 2.05. The van der Waals surface area contributed by atoms with Gasteiger partial charge in [0.2, 0.25) is 0 Å². The van der Waals surface area contributed by atoms with Crippen LogP contribution in [0.5, 0.6) is 11.5 Å². The zero-order valence-corrected chi connectivity index (χ0v) is 8.26. The van der Waals surface area contributed by atoms with E-state index in [0.29, 0.717) is 22.1 Å². The highest BCUT2D eigenvalue weighted by molar-refractivity contribution is 6.32. The van der Waals surface area contributed by atoms with Gasteiger partial charge < -0.3 is 14.6 Å². The third-order valence-electron chi connectivity index (χ3n) is 1.75. The molecule has 13 heavy (non-hydrogen) atoms. The second-order valence-corrected chi connectivity index (χ2v) is 2.83. The fraction of sp³-hybridized carbons (Fsp3) is 0.333. The number of aliphatic hydroxyl groups excluding tert-OH is 1. The molecule has 4 heteroatoms. The smallest absolute Gasteiger partial charge is 0.146 e. The maximum atomic E-state index is 9.07. The number of hydrogen-bond donors (Lipinski definition) is 1. The Morgan fingerprint density at radius 2 is 2.00 bits per heavy atom. The molecule has 1 aromatic rings. The highest BCUT2D eigenvalue weighted by Gasteiger charge is 2.12. The van der Waals surface area contributed by atoms with Crippen molar-refractivity contribution in [1.29, 1.82) is 0 Å². The van der Waals surface area contributed by atoms with Gasteiger partial charge in [0.15, 0.2) is 0 Å². The molecule has 0 heterocycles. The standard InChI is InChI=1S/C9H11ClO3/c1-12-8-4-3-7(10)9(13-2)6(8)5-11/h3-4,11H,5H2,1-2H3. The molecule has 0 fully saturated rings. The first-order valence-electron chi connectivity index (χ1n) is 3.74. The van der Waals surface area contributed by atoms with Crippen molar-refractivity contribution in [3.05, 3.63) is 22.7 Å². The van der Waals surface area contributed by atoms with E-state index in [1.54, 1.807) is 12.1 Å². The molecule has 0 atom stereocenters. The lowest BCUT2D eigenvalue weighted by molar-refractivity contribution is 0.265. The van der Waals surface area contributed by atoms with Crippen LogP contribution < -0.4 is 9.47 Å². The maximum absolute atomic E-state index is 9.07. The molecule has 0 aliphatic carbocycles. The number of aliphatic hydroxyl groups is 1. The minimum atomic E-state index is -0.160. The average molecular weight is 203 g/mol. The molecule has 0 saturated carbocycles. The predicted molar refractivity (Wildman–Crippen MR) is 50.5 cm³/mol. The normalized spacial score (nSPS) is 9.85. The minimum Gasteiger partial charge on any atom is -0.496 e. The van der Waals surface area contributed by atoms with Crippen LogP contribution in [-0.2, 0) is 6.61 Å². The van der Waals surface area contributed by atoms with Crippen LogP contribution in [0.25, 0.3) is 0 Å². The summed E-state index contributed by atoms with van der Waals surface area (Å²) in [5.41, 5.74) is 0.567. The van der Waals surface area contributed by atoms with Crippen molar-refractivity contribution in [1.82, 2.24) is 0 Å². The zero-order chi connectivity index (χ0) is 9.84. The van der Waals surface area contributed by atoms with Crippen molar-refractivity contribution in [2.24, 2.45) is 0 Å². The van der Waals surface area contributed by atoms with E-state index in [-0.39, 0.29) is 6.61 Å². The van der Waals surface area contributed by atoms with Crippen molar-refractivity contribution in [2.75, 3.05) is 14.2 Å². The largest absolute Gasteiger partial charge is 0.496 e. The number of ether oxygens (including phenoxy) is 2. The first-order chi connectivity index (χ1) is 6.24. The van der Waals surface area contributed by atoms with E-state index in [0.717, 1.165) is 0 Å². The summed E-state index contributed by atoms with van der Waals surface area (Å²) in [7, 11) is 3.03. The molecule has 1 aromatic carbocycles. The van der Waals surface area contributed by atoms with Crippen molar-refractivity contribution in [2.45, 2.75) is 6.61 Å². The quantitative estimate of drug-likeness (QED) is 0.813. The summed E-state index contributed by atoms with van der Waals surface area (Å²) in [5.74, 6) is 1.03. The monoisotopic (exact) mass is 202 g/mol. The van der Waals surface area contributed by atoms with E-state index in [1.807, 2.05) is 0 Å². The number of halogens is 1. The van der Waals surface area contributed by atoms with Gasteiger partial charge in [0.25, 0.3) is 0 Å². The molecular weight excluding hydrogens is 192 g/mol. The van der Waals surface area contributed by atoms with Crippen LogP contribution in [0.3, 0.4) is 0 Å². The van der Waals surface area contributed by atoms with Crippen LogP contribution >= 0.6 is 11.6 Å². The van der Waals surface area contributed by atoms with Gasteiger partial charge in [-0.2, -0.15) is 0 Å². The summed E-state index contributed by atoms with van der Waals surface area (Å²) < 4.78 is 10.1. The van der Waals surface area contributed by atoms with Gasteiger partial charge in [-0.3, -0.25) is 0 Å². The molecule has 0 aliphatic heterocycles. The van der Waals surface area contributed by atoms with E-state index < -0.39 is 0 Å². The molecule has 3 nitrogen and oxygen atoms in total. The van der Waals surface area contributed by atoms with E-state index in [2.05, 4.69) is 0 Å². The Balaban J connectivity index is 3.27. The number of benzene rings is 1.